The van der Waals surface area contributed by atoms with E-state index < -0.39 is 10.1 Å². The lowest BCUT2D eigenvalue weighted by Gasteiger charge is -2.14. The fourth-order valence-electron chi connectivity index (χ4n) is 3.61. The Balaban J connectivity index is 1.85. The lowest BCUT2D eigenvalue weighted by atomic mass is 10.0. The highest BCUT2D eigenvalue weighted by Gasteiger charge is 2.23. The molecule has 1 heterocycles. The third-order valence-corrected chi connectivity index (χ3v) is 6.24. The van der Waals surface area contributed by atoms with E-state index in [4.69, 9.17) is 13.3 Å². The third kappa shape index (κ3) is 3.38. The van der Waals surface area contributed by atoms with Crippen molar-refractivity contribution in [3.05, 3.63) is 64.0 Å². The molecule has 6 nitrogen and oxygen atoms in total. The standard InChI is InChI=1S/C21H20O6S/c1-25-19-12-17-15-10-6-3-7-11-16(15)21(22)26-18(17)13-20(19)27-28(23,24)14-8-4-2-5-9-14/h2,4-5,8-9,12-13H,3,6-7,10-11H2,1H3. The van der Waals surface area contributed by atoms with Gasteiger partial charge < -0.3 is 13.3 Å². The second-order valence-electron chi connectivity index (χ2n) is 6.76. The first-order valence-corrected chi connectivity index (χ1v) is 10.6. The normalized spacial score (nSPS) is 14.3. The van der Waals surface area contributed by atoms with Gasteiger partial charge in [-0.3, -0.25) is 0 Å². The van der Waals surface area contributed by atoms with Crippen LogP contribution < -0.4 is 14.5 Å². The van der Waals surface area contributed by atoms with Gasteiger partial charge in [-0.1, -0.05) is 24.6 Å². The van der Waals surface area contributed by atoms with E-state index in [2.05, 4.69) is 0 Å². The maximum Gasteiger partial charge on any atom is 0.339 e. The molecule has 0 N–H and O–H groups in total. The summed E-state index contributed by atoms with van der Waals surface area (Å²) in [6.07, 6.45) is 4.48. The van der Waals surface area contributed by atoms with E-state index in [-0.39, 0.29) is 22.0 Å². The SMILES string of the molecule is COc1cc2c3c(c(=O)oc2cc1OS(=O)(=O)c1ccccc1)CCCCC3. The molecule has 0 saturated heterocycles. The van der Waals surface area contributed by atoms with E-state index in [9.17, 15) is 13.2 Å². The number of fused-ring (bicyclic) bond motifs is 3. The summed E-state index contributed by atoms with van der Waals surface area (Å²) < 4.78 is 41.3. The molecule has 0 atom stereocenters. The van der Waals surface area contributed by atoms with Crippen LogP contribution in [0.15, 0.2) is 56.6 Å². The minimum Gasteiger partial charge on any atom is -0.493 e. The lowest BCUT2D eigenvalue weighted by molar-refractivity contribution is 0.390. The van der Waals surface area contributed by atoms with Crippen LogP contribution in [0.3, 0.4) is 0 Å². The topological polar surface area (TPSA) is 82.8 Å². The molecule has 1 aliphatic rings. The molecule has 1 aromatic heterocycles. The molecule has 0 saturated carbocycles. The van der Waals surface area contributed by atoms with E-state index in [0.29, 0.717) is 17.6 Å². The molecule has 0 amide bonds. The molecular formula is C21H20O6S. The zero-order valence-corrected chi connectivity index (χ0v) is 16.3. The monoisotopic (exact) mass is 400 g/mol. The number of hydrogen-bond acceptors (Lipinski definition) is 6. The summed E-state index contributed by atoms with van der Waals surface area (Å²) in [5.74, 6) is 0.253. The first kappa shape index (κ1) is 18.6. The van der Waals surface area contributed by atoms with Gasteiger partial charge in [0.2, 0.25) is 0 Å². The van der Waals surface area contributed by atoms with Gasteiger partial charge in [0.1, 0.15) is 10.5 Å². The van der Waals surface area contributed by atoms with Gasteiger partial charge in [0.15, 0.2) is 11.5 Å². The summed E-state index contributed by atoms with van der Waals surface area (Å²) in [6, 6.07) is 10.9. The smallest absolute Gasteiger partial charge is 0.339 e. The molecule has 0 spiro atoms. The van der Waals surface area contributed by atoms with E-state index in [1.54, 1.807) is 24.3 Å². The molecule has 0 bridgehead atoms. The van der Waals surface area contributed by atoms with Crippen LogP contribution in [0.4, 0.5) is 0 Å². The maximum atomic E-state index is 12.6. The van der Waals surface area contributed by atoms with Crippen LogP contribution in [-0.2, 0) is 23.0 Å². The van der Waals surface area contributed by atoms with Gasteiger partial charge in [0, 0.05) is 17.0 Å². The predicted molar refractivity (Wildman–Crippen MR) is 105 cm³/mol. The van der Waals surface area contributed by atoms with Gasteiger partial charge in [-0.2, -0.15) is 8.42 Å². The van der Waals surface area contributed by atoms with Gasteiger partial charge in [-0.05, 0) is 49.4 Å². The predicted octanol–water partition coefficient (Wildman–Crippen LogP) is 3.84. The number of ether oxygens (including phenoxy) is 1. The van der Waals surface area contributed by atoms with Crippen molar-refractivity contribution in [1.29, 1.82) is 0 Å². The second-order valence-corrected chi connectivity index (χ2v) is 8.30. The van der Waals surface area contributed by atoms with Gasteiger partial charge >= 0.3 is 15.7 Å². The molecule has 0 fully saturated rings. The Morgan fingerprint density at radius 2 is 1.64 bits per heavy atom. The van der Waals surface area contributed by atoms with Gasteiger partial charge in [0.05, 0.1) is 7.11 Å². The Bertz CT molecular complexity index is 1180. The van der Waals surface area contributed by atoms with E-state index in [0.717, 1.165) is 36.6 Å². The van der Waals surface area contributed by atoms with Gasteiger partial charge in [-0.25, -0.2) is 4.79 Å². The summed E-state index contributed by atoms with van der Waals surface area (Å²) in [5.41, 5.74) is 1.59. The number of methoxy groups -OCH3 is 1. The highest BCUT2D eigenvalue weighted by Crippen LogP contribution is 2.37. The zero-order valence-electron chi connectivity index (χ0n) is 15.4. The van der Waals surface area contributed by atoms with E-state index >= 15 is 0 Å². The van der Waals surface area contributed by atoms with Crippen LogP contribution in [0.25, 0.3) is 11.0 Å². The second kappa shape index (κ2) is 7.31. The summed E-state index contributed by atoms with van der Waals surface area (Å²) in [7, 11) is -2.60. The van der Waals surface area contributed by atoms with Crippen molar-refractivity contribution < 1.29 is 21.8 Å². The maximum absolute atomic E-state index is 12.6. The molecule has 0 aliphatic heterocycles. The quantitative estimate of drug-likeness (QED) is 0.376. The van der Waals surface area contributed by atoms with Crippen molar-refractivity contribution in [2.45, 2.75) is 37.0 Å². The van der Waals surface area contributed by atoms with Crippen LogP contribution in [0, 0.1) is 0 Å². The number of benzene rings is 2. The molecule has 0 unspecified atom stereocenters. The van der Waals surface area contributed by atoms with E-state index in [1.807, 2.05) is 0 Å². The summed E-state index contributed by atoms with van der Waals surface area (Å²) in [6.45, 7) is 0. The van der Waals surface area contributed by atoms with Crippen LogP contribution in [0.1, 0.15) is 30.4 Å². The Morgan fingerprint density at radius 1 is 0.929 bits per heavy atom. The average molecular weight is 400 g/mol. The van der Waals surface area contributed by atoms with Crippen molar-refractivity contribution in [2.24, 2.45) is 0 Å². The van der Waals surface area contributed by atoms with Crippen molar-refractivity contribution in [2.75, 3.05) is 7.11 Å². The number of hydrogen-bond donors (Lipinski definition) is 0. The zero-order chi connectivity index (χ0) is 19.7. The Labute approximate surface area is 162 Å². The van der Waals surface area contributed by atoms with E-state index in [1.165, 1.54) is 25.3 Å². The molecule has 28 heavy (non-hydrogen) atoms. The Morgan fingerprint density at radius 3 is 2.36 bits per heavy atom. The van der Waals surface area contributed by atoms with Crippen molar-refractivity contribution in [1.82, 2.24) is 0 Å². The first-order chi connectivity index (χ1) is 13.5. The van der Waals surface area contributed by atoms with Gasteiger partial charge in [-0.15, -0.1) is 0 Å². The summed E-state index contributed by atoms with van der Waals surface area (Å²) >= 11 is 0. The average Bonchev–Trinajstić information content (AvgIpc) is 2.95. The van der Waals surface area contributed by atoms with Crippen LogP contribution in [-0.4, -0.2) is 15.5 Å². The number of rotatable bonds is 4. The van der Waals surface area contributed by atoms with Crippen LogP contribution >= 0.6 is 0 Å². The Hall–Kier alpha value is -2.80. The molecule has 3 aromatic rings. The van der Waals surface area contributed by atoms with Crippen molar-refractivity contribution in [3.8, 4) is 11.5 Å². The molecule has 1 aliphatic carbocycles. The highest BCUT2D eigenvalue weighted by atomic mass is 32.2. The van der Waals surface area contributed by atoms with Gasteiger partial charge in [0.25, 0.3) is 0 Å². The lowest BCUT2D eigenvalue weighted by Crippen LogP contribution is -2.12. The molecule has 2 aromatic carbocycles. The minimum absolute atomic E-state index is 0.0180. The molecule has 7 heteroatoms. The largest absolute Gasteiger partial charge is 0.493 e. The summed E-state index contributed by atoms with van der Waals surface area (Å²) in [5, 5.41) is 0.762. The third-order valence-electron chi connectivity index (χ3n) is 4.99. The molecule has 4 rings (SSSR count). The minimum atomic E-state index is -4.05. The first-order valence-electron chi connectivity index (χ1n) is 9.16. The number of aryl methyl sites for hydroxylation is 1. The molecule has 0 radical (unpaired) electrons. The fourth-order valence-corrected chi connectivity index (χ4v) is 4.56. The fraction of sp³-hybridized carbons (Fsp3) is 0.286. The van der Waals surface area contributed by atoms with Crippen LogP contribution in [0.2, 0.25) is 0 Å². The Kier molecular flexibility index (Phi) is 4.85. The molecular weight excluding hydrogens is 380 g/mol. The highest BCUT2D eigenvalue weighted by molar-refractivity contribution is 7.87. The van der Waals surface area contributed by atoms with Crippen molar-refractivity contribution >= 4 is 21.1 Å². The van der Waals surface area contributed by atoms with Crippen molar-refractivity contribution in [3.63, 3.8) is 0 Å². The molecule has 146 valence electrons. The summed E-state index contributed by atoms with van der Waals surface area (Å²) in [4.78, 5) is 12.5. The van der Waals surface area contributed by atoms with Crippen LogP contribution in [0.5, 0.6) is 11.5 Å².